The number of amides is 2. The molecule has 0 atom stereocenters. The number of carbonyl (C=O) groups is 2. The molecule has 0 bridgehead atoms. The number of halogens is 1. The van der Waals surface area contributed by atoms with Gasteiger partial charge >= 0.3 is 0 Å². The van der Waals surface area contributed by atoms with Crippen LogP contribution in [0.3, 0.4) is 0 Å². The van der Waals surface area contributed by atoms with E-state index in [1.165, 1.54) is 4.90 Å². The zero-order valence-corrected chi connectivity index (χ0v) is 16.3. The van der Waals surface area contributed by atoms with E-state index in [0.29, 0.717) is 10.7 Å². The summed E-state index contributed by atoms with van der Waals surface area (Å²) in [7, 11) is -3.67. The second-order valence-corrected chi connectivity index (χ2v) is 8.83. The van der Waals surface area contributed by atoms with Crippen LogP contribution in [0.2, 0.25) is 5.02 Å². The third kappa shape index (κ3) is 4.48. The smallest absolute Gasteiger partial charge is 0.231 e. The molecule has 0 N–H and O–H groups in total. The van der Waals surface area contributed by atoms with Crippen LogP contribution in [0.15, 0.2) is 53.4 Å². The molecule has 0 saturated carbocycles. The van der Waals surface area contributed by atoms with Crippen molar-refractivity contribution in [3.05, 3.63) is 59.1 Å². The molecular formula is C19H19ClN2O4S. The summed E-state index contributed by atoms with van der Waals surface area (Å²) in [5.41, 5.74) is 1.51. The van der Waals surface area contributed by atoms with Crippen LogP contribution in [0, 0.1) is 6.92 Å². The number of carbonyl (C=O) groups excluding carboxylic acids is 2. The molecule has 1 fully saturated rings. The van der Waals surface area contributed by atoms with Gasteiger partial charge in [0.05, 0.1) is 4.90 Å². The van der Waals surface area contributed by atoms with Crippen LogP contribution in [-0.4, -0.2) is 37.7 Å². The Balaban J connectivity index is 1.91. The molecule has 6 nitrogen and oxygen atoms in total. The lowest BCUT2D eigenvalue weighted by atomic mass is 10.2. The largest absolute Gasteiger partial charge is 0.338 e. The summed E-state index contributed by atoms with van der Waals surface area (Å²) < 4.78 is 25.7. The van der Waals surface area contributed by atoms with E-state index < -0.39 is 9.84 Å². The van der Waals surface area contributed by atoms with E-state index in [0.717, 1.165) is 10.5 Å². The Morgan fingerprint density at radius 2 is 1.52 bits per heavy atom. The highest BCUT2D eigenvalue weighted by Gasteiger charge is 2.31. The lowest BCUT2D eigenvalue weighted by Gasteiger charge is -2.28. The lowest BCUT2D eigenvalue weighted by molar-refractivity contribution is -0.138. The second kappa shape index (κ2) is 7.70. The number of aryl methyl sites for hydroxylation is 1. The molecule has 1 saturated heterocycles. The van der Waals surface area contributed by atoms with Crippen molar-refractivity contribution in [2.75, 3.05) is 17.4 Å². The maximum absolute atomic E-state index is 12.9. The van der Waals surface area contributed by atoms with E-state index in [2.05, 4.69) is 0 Å². The number of imide groups is 1. The first kappa shape index (κ1) is 19.4. The van der Waals surface area contributed by atoms with E-state index in [1.54, 1.807) is 48.5 Å². The number of nitrogens with zero attached hydrogens (tertiary/aromatic N) is 2. The summed E-state index contributed by atoms with van der Waals surface area (Å²) in [6.45, 7) is 1.76. The highest BCUT2D eigenvalue weighted by atomic mass is 35.5. The number of hydrogen-bond acceptors (Lipinski definition) is 5. The van der Waals surface area contributed by atoms with Crippen LogP contribution in [0.4, 0.5) is 5.69 Å². The van der Waals surface area contributed by atoms with Crippen molar-refractivity contribution in [2.45, 2.75) is 24.7 Å². The molecule has 0 spiro atoms. The molecule has 1 heterocycles. The van der Waals surface area contributed by atoms with Gasteiger partial charge in [0.2, 0.25) is 11.8 Å². The van der Waals surface area contributed by atoms with E-state index in [9.17, 15) is 18.0 Å². The fourth-order valence-corrected chi connectivity index (χ4v) is 4.29. The molecule has 0 aliphatic carbocycles. The molecule has 27 heavy (non-hydrogen) atoms. The van der Waals surface area contributed by atoms with Crippen LogP contribution >= 0.6 is 11.6 Å². The minimum Gasteiger partial charge on any atom is -0.338 e. The van der Waals surface area contributed by atoms with Gasteiger partial charge in [-0.15, -0.1) is 0 Å². The maximum atomic E-state index is 12.9. The van der Waals surface area contributed by atoms with Gasteiger partial charge in [0.15, 0.2) is 9.84 Å². The van der Waals surface area contributed by atoms with Gasteiger partial charge in [0.25, 0.3) is 0 Å². The van der Waals surface area contributed by atoms with Gasteiger partial charge in [0.1, 0.15) is 12.5 Å². The second-order valence-electron chi connectivity index (χ2n) is 6.43. The van der Waals surface area contributed by atoms with E-state index >= 15 is 0 Å². The topological polar surface area (TPSA) is 74.8 Å². The zero-order chi connectivity index (χ0) is 19.6. The zero-order valence-electron chi connectivity index (χ0n) is 14.8. The Morgan fingerprint density at radius 1 is 0.963 bits per heavy atom. The van der Waals surface area contributed by atoms with Crippen molar-refractivity contribution < 1.29 is 18.0 Å². The summed E-state index contributed by atoms with van der Waals surface area (Å²) >= 11 is 5.92. The molecule has 8 heteroatoms. The number of rotatable bonds is 6. The predicted octanol–water partition coefficient (Wildman–Crippen LogP) is 2.99. The van der Waals surface area contributed by atoms with Crippen LogP contribution in [0.1, 0.15) is 18.4 Å². The molecule has 142 valence electrons. The minimum atomic E-state index is -3.67. The summed E-state index contributed by atoms with van der Waals surface area (Å²) in [5, 5.41) is 0.508. The van der Waals surface area contributed by atoms with Crippen molar-refractivity contribution >= 4 is 38.9 Å². The number of benzene rings is 2. The number of likely N-dealkylation sites (tertiary alicyclic amines) is 1. The molecule has 3 rings (SSSR count). The highest BCUT2D eigenvalue weighted by Crippen LogP contribution is 2.23. The van der Waals surface area contributed by atoms with Gasteiger partial charge in [-0.2, -0.15) is 0 Å². The fourth-order valence-electron chi connectivity index (χ4n) is 2.83. The summed E-state index contributed by atoms with van der Waals surface area (Å²) in [6.07, 6.45) is 0.302. The van der Waals surface area contributed by atoms with Crippen LogP contribution < -0.4 is 4.90 Å². The standard InChI is InChI=1S/C19H19ClN2O4S/c1-14-2-8-17(9-3-14)27(25,26)13-21(16-6-4-15(20)5-7-16)12-22-18(23)10-11-19(22)24/h2-9H,10-13H2,1H3. The summed E-state index contributed by atoms with van der Waals surface area (Å²) in [4.78, 5) is 26.7. The number of sulfone groups is 1. The highest BCUT2D eigenvalue weighted by molar-refractivity contribution is 7.91. The number of anilines is 1. The normalized spacial score (nSPS) is 14.7. The Bertz CT molecular complexity index is 940. The van der Waals surface area contributed by atoms with Gasteiger partial charge < -0.3 is 4.90 Å². The van der Waals surface area contributed by atoms with E-state index in [4.69, 9.17) is 11.6 Å². The average Bonchev–Trinajstić information content (AvgIpc) is 2.94. The van der Waals surface area contributed by atoms with E-state index in [1.807, 2.05) is 6.92 Å². The van der Waals surface area contributed by atoms with Gasteiger partial charge in [-0.1, -0.05) is 29.3 Å². The quantitative estimate of drug-likeness (QED) is 0.689. The van der Waals surface area contributed by atoms with Crippen LogP contribution in [0.5, 0.6) is 0 Å². The van der Waals surface area contributed by atoms with Crippen molar-refractivity contribution in [2.24, 2.45) is 0 Å². The molecule has 2 amide bonds. The molecular weight excluding hydrogens is 388 g/mol. The Morgan fingerprint density at radius 3 is 2.07 bits per heavy atom. The number of hydrogen-bond donors (Lipinski definition) is 0. The summed E-state index contributed by atoms with van der Waals surface area (Å²) in [6, 6.07) is 13.2. The van der Waals surface area contributed by atoms with Crippen LogP contribution in [0.25, 0.3) is 0 Å². The predicted molar refractivity (Wildman–Crippen MR) is 103 cm³/mol. The van der Waals surface area contributed by atoms with Gasteiger partial charge in [0, 0.05) is 23.6 Å². The molecule has 0 radical (unpaired) electrons. The molecule has 2 aromatic carbocycles. The SMILES string of the molecule is Cc1ccc(S(=O)(=O)CN(CN2C(=O)CCC2=O)c2ccc(Cl)cc2)cc1. The molecule has 0 unspecified atom stereocenters. The maximum Gasteiger partial charge on any atom is 0.231 e. The molecule has 2 aromatic rings. The fraction of sp³-hybridized carbons (Fsp3) is 0.263. The first-order chi connectivity index (χ1) is 12.8. The minimum absolute atomic E-state index is 0.121. The van der Waals surface area contributed by atoms with Crippen molar-refractivity contribution in [3.63, 3.8) is 0 Å². The first-order valence-corrected chi connectivity index (χ1v) is 10.4. The lowest BCUT2D eigenvalue weighted by Crippen LogP contribution is -2.43. The summed E-state index contributed by atoms with van der Waals surface area (Å²) in [5.74, 6) is -0.965. The van der Waals surface area contributed by atoms with Crippen molar-refractivity contribution in [1.82, 2.24) is 4.90 Å². The molecule has 0 aromatic heterocycles. The third-order valence-electron chi connectivity index (χ3n) is 4.36. The Kier molecular flexibility index (Phi) is 5.53. The van der Waals surface area contributed by atoms with E-state index in [-0.39, 0.29) is 42.1 Å². The van der Waals surface area contributed by atoms with Crippen LogP contribution in [-0.2, 0) is 19.4 Å². The monoisotopic (exact) mass is 406 g/mol. The van der Waals surface area contributed by atoms with Crippen molar-refractivity contribution in [3.8, 4) is 0 Å². The van der Waals surface area contributed by atoms with Gasteiger partial charge in [-0.25, -0.2) is 8.42 Å². The molecule has 1 aliphatic rings. The average molecular weight is 407 g/mol. The third-order valence-corrected chi connectivity index (χ3v) is 6.26. The first-order valence-electron chi connectivity index (χ1n) is 8.39. The van der Waals surface area contributed by atoms with Crippen molar-refractivity contribution in [1.29, 1.82) is 0 Å². The Labute approximate surface area is 163 Å². The molecule has 1 aliphatic heterocycles. The van der Waals surface area contributed by atoms with Gasteiger partial charge in [-0.3, -0.25) is 14.5 Å². The Hall–Kier alpha value is -2.38. The van der Waals surface area contributed by atoms with Gasteiger partial charge in [-0.05, 0) is 43.3 Å².